The molecule has 2 N–H and O–H groups in total. The summed E-state index contributed by atoms with van der Waals surface area (Å²) in [6, 6.07) is 5.46. The third-order valence-corrected chi connectivity index (χ3v) is 1.69. The van der Waals surface area contributed by atoms with Crippen LogP contribution >= 0.6 is 0 Å². The number of hydrogen-bond donors (Lipinski definition) is 2. The van der Waals surface area contributed by atoms with Gasteiger partial charge in [-0.15, -0.1) is 0 Å². The maximum Gasteiger partial charge on any atom is 0.336 e. The second kappa shape index (κ2) is 5.32. The zero-order valence-corrected chi connectivity index (χ0v) is 8.03. The number of aromatic carboxylic acids is 1. The largest absolute Gasteiger partial charge is 0.478 e. The normalized spacial score (nSPS) is 8.62. The predicted molar refractivity (Wildman–Crippen MR) is 51.0 cm³/mol. The first-order chi connectivity index (χ1) is 6.13. The number of aryl methyl sites for hydroxylation is 2. The Balaban J connectivity index is 0.000000671. The maximum atomic E-state index is 10.6. The van der Waals surface area contributed by atoms with Crippen molar-refractivity contribution < 1.29 is 15.0 Å². The van der Waals surface area contributed by atoms with E-state index in [1.165, 1.54) is 0 Å². The molecule has 3 heteroatoms. The van der Waals surface area contributed by atoms with E-state index < -0.39 is 5.97 Å². The van der Waals surface area contributed by atoms with Crippen molar-refractivity contribution in [3.63, 3.8) is 0 Å². The van der Waals surface area contributed by atoms with E-state index in [0.29, 0.717) is 5.56 Å². The smallest absolute Gasteiger partial charge is 0.336 e. The van der Waals surface area contributed by atoms with E-state index in [9.17, 15) is 4.79 Å². The monoisotopic (exact) mass is 182 g/mol. The van der Waals surface area contributed by atoms with E-state index in [1.807, 2.05) is 6.07 Å². The van der Waals surface area contributed by atoms with Gasteiger partial charge < -0.3 is 10.2 Å². The van der Waals surface area contributed by atoms with E-state index in [0.717, 1.165) is 18.2 Å². The fourth-order valence-electron chi connectivity index (χ4n) is 1.15. The van der Waals surface area contributed by atoms with Crippen LogP contribution in [0, 0.1) is 13.8 Å². The Labute approximate surface area is 77.6 Å². The van der Waals surface area contributed by atoms with Gasteiger partial charge in [0.05, 0.1) is 5.56 Å². The first-order valence-electron chi connectivity index (χ1n) is 3.87. The van der Waals surface area contributed by atoms with Crippen molar-refractivity contribution in [2.75, 3.05) is 7.11 Å². The molecule has 0 aliphatic heterocycles. The van der Waals surface area contributed by atoms with Gasteiger partial charge in [-0.1, -0.05) is 18.2 Å². The van der Waals surface area contributed by atoms with Gasteiger partial charge in [0.15, 0.2) is 0 Å². The Morgan fingerprint density at radius 1 is 1.15 bits per heavy atom. The molecule has 1 aromatic rings. The number of carbonyl (C=O) groups is 1. The molecule has 0 radical (unpaired) electrons. The van der Waals surface area contributed by atoms with Crippen LogP contribution in [-0.2, 0) is 0 Å². The molecule has 0 bridgehead atoms. The molecule has 0 atom stereocenters. The number of rotatable bonds is 1. The average Bonchev–Trinajstić information content (AvgIpc) is 2.07. The highest BCUT2D eigenvalue weighted by Gasteiger charge is 2.08. The Morgan fingerprint density at radius 2 is 1.54 bits per heavy atom. The summed E-state index contributed by atoms with van der Waals surface area (Å²) < 4.78 is 0. The van der Waals surface area contributed by atoms with Gasteiger partial charge in [0.25, 0.3) is 0 Å². The number of hydrogen-bond acceptors (Lipinski definition) is 2. The van der Waals surface area contributed by atoms with Crippen molar-refractivity contribution in [2.24, 2.45) is 0 Å². The lowest BCUT2D eigenvalue weighted by atomic mass is 10.0. The molecule has 0 amide bonds. The molecule has 13 heavy (non-hydrogen) atoms. The number of carboxylic acids is 1. The summed E-state index contributed by atoms with van der Waals surface area (Å²) in [5.74, 6) is -0.847. The van der Waals surface area contributed by atoms with Crippen LogP contribution in [0.5, 0.6) is 0 Å². The van der Waals surface area contributed by atoms with Crippen molar-refractivity contribution in [1.82, 2.24) is 0 Å². The molecule has 0 spiro atoms. The van der Waals surface area contributed by atoms with E-state index in [-0.39, 0.29) is 0 Å². The Bertz CT molecular complexity index is 272. The molecule has 0 unspecified atom stereocenters. The van der Waals surface area contributed by atoms with Crippen LogP contribution in [0.1, 0.15) is 21.5 Å². The average molecular weight is 182 g/mol. The second-order valence-corrected chi connectivity index (χ2v) is 2.57. The predicted octanol–water partition coefficient (Wildman–Crippen LogP) is 1.61. The second-order valence-electron chi connectivity index (χ2n) is 2.57. The molecule has 0 saturated carbocycles. The van der Waals surface area contributed by atoms with Gasteiger partial charge >= 0.3 is 5.97 Å². The van der Waals surface area contributed by atoms with Crippen LogP contribution in [0.2, 0.25) is 0 Å². The lowest BCUT2D eigenvalue weighted by Crippen LogP contribution is -2.01. The molecule has 3 nitrogen and oxygen atoms in total. The van der Waals surface area contributed by atoms with E-state index in [4.69, 9.17) is 10.2 Å². The molecule has 0 fully saturated rings. The molecule has 0 saturated heterocycles. The SMILES string of the molecule is CO.Cc1cccc(C)c1C(=O)O. The summed E-state index contributed by atoms with van der Waals surface area (Å²) in [6.07, 6.45) is 0. The standard InChI is InChI=1S/C9H10O2.CH4O/c1-6-4-3-5-7(2)8(6)9(10)11;1-2/h3-5H,1-2H3,(H,10,11);2H,1H3. The lowest BCUT2D eigenvalue weighted by Gasteiger charge is -2.02. The molecule has 0 heterocycles. The summed E-state index contributed by atoms with van der Waals surface area (Å²) >= 11 is 0. The van der Waals surface area contributed by atoms with Crippen molar-refractivity contribution in [2.45, 2.75) is 13.8 Å². The van der Waals surface area contributed by atoms with Crippen LogP contribution < -0.4 is 0 Å². The lowest BCUT2D eigenvalue weighted by molar-refractivity contribution is 0.0695. The third kappa shape index (κ3) is 2.87. The first-order valence-corrected chi connectivity index (χ1v) is 3.87. The van der Waals surface area contributed by atoms with Gasteiger partial charge in [0.1, 0.15) is 0 Å². The fourth-order valence-corrected chi connectivity index (χ4v) is 1.15. The van der Waals surface area contributed by atoms with Crippen molar-refractivity contribution in [3.05, 3.63) is 34.9 Å². The first kappa shape index (κ1) is 11.6. The van der Waals surface area contributed by atoms with Gasteiger partial charge in [-0.25, -0.2) is 4.79 Å². The molecule has 0 aliphatic carbocycles. The van der Waals surface area contributed by atoms with Crippen molar-refractivity contribution >= 4 is 5.97 Å². The Morgan fingerprint density at radius 3 is 1.77 bits per heavy atom. The molecule has 1 rings (SSSR count). The summed E-state index contributed by atoms with van der Waals surface area (Å²) in [5.41, 5.74) is 2.06. The van der Waals surface area contributed by atoms with Gasteiger partial charge in [0, 0.05) is 7.11 Å². The van der Waals surface area contributed by atoms with Crippen molar-refractivity contribution in [3.8, 4) is 0 Å². The highest BCUT2D eigenvalue weighted by molar-refractivity contribution is 5.90. The zero-order valence-electron chi connectivity index (χ0n) is 8.03. The Kier molecular flexibility index (Phi) is 4.77. The van der Waals surface area contributed by atoms with Crippen LogP contribution in [0.4, 0.5) is 0 Å². The number of benzene rings is 1. The molecule has 0 aromatic heterocycles. The van der Waals surface area contributed by atoms with Crippen LogP contribution in [0.15, 0.2) is 18.2 Å². The topological polar surface area (TPSA) is 57.5 Å². The number of carboxylic acid groups (broad SMARTS) is 1. The third-order valence-electron chi connectivity index (χ3n) is 1.69. The van der Waals surface area contributed by atoms with Crippen LogP contribution in [0.3, 0.4) is 0 Å². The molecular weight excluding hydrogens is 168 g/mol. The molecular formula is C10H14O3. The summed E-state index contributed by atoms with van der Waals surface area (Å²) in [7, 11) is 1.00. The van der Waals surface area contributed by atoms with Gasteiger partial charge in [0.2, 0.25) is 0 Å². The highest BCUT2D eigenvalue weighted by Crippen LogP contribution is 2.12. The minimum Gasteiger partial charge on any atom is -0.478 e. The van der Waals surface area contributed by atoms with Gasteiger partial charge in [-0.2, -0.15) is 0 Å². The highest BCUT2D eigenvalue weighted by atomic mass is 16.4. The molecule has 1 aromatic carbocycles. The van der Waals surface area contributed by atoms with Gasteiger partial charge in [-0.05, 0) is 25.0 Å². The summed E-state index contributed by atoms with van der Waals surface area (Å²) in [6.45, 7) is 3.60. The maximum absolute atomic E-state index is 10.6. The summed E-state index contributed by atoms with van der Waals surface area (Å²) in [5, 5.41) is 15.7. The number of aliphatic hydroxyl groups is 1. The van der Waals surface area contributed by atoms with Gasteiger partial charge in [-0.3, -0.25) is 0 Å². The fraction of sp³-hybridized carbons (Fsp3) is 0.300. The quantitative estimate of drug-likeness (QED) is 0.693. The van der Waals surface area contributed by atoms with Crippen LogP contribution in [-0.4, -0.2) is 23.3 Å². The zero-order chi connectivity index (χ0) is 10.4. The van der Waals surface area contributed by atoms with E-state index >= 15 is 0 Å². The van der Waals surface area contributed by atoms with E-state index in [1.54, 1.807) is 26.0 Å². The van der Waals surface area contributed by atoms with Crippen molar-refractivity contribution in [1.29, 1.82) is 0 Å². The minimum atomic E-state index is -0.847. The Hall–Kier alpha value is -1.35. The van der Waals surface area contributed by atoms with E-state index in [2.05, 4.69) is 0 Å². The molecule has 72 valence electrons. The minimum absolute atomic E-state index is 0.424. The van der Waals surface area contributed by atoms with Crippen LogP contribution in [0.25, 0.3) is 0 Å². The number of aliphatic hydroxyl groups excluding tert-OH is 1. The summed E-state index contributed by atoms with van der Waals surface area (Å²) in [4.78, 5) is 10.6. The molecule has 0 aliphatic rings.